The SMILES string of the molecule is Cc1ccc(NC(=O)Cc2ccc(CN3CCn4ncc5ncnc3c54)cc2)cc1C. The summed E-state index contributed by atoms with van der Waals surface area (Å²) >= 11 is 0. The molecule has 1 N–H and O–H groups in total. The average Bonchev–Trinajstić information content (AvgIpc) is 3.19. The van der Waals surface area contributed by atoms with Crippen molar-refractivity contribution in [1.82, 2.24) is 19.7 Å². The summed E-state index contributed by atoms with van der Waals surface area (Å²) in [6.07, 6.45) is 3.74. The lowest BCUT2D eigenvalue weighted by atomic mass is 10.1. The lowest BCUT2D eigenvalue weighted by Crippen LogP contribution is -2.32. The van der Waals surface area contributed by atoms with E-state index >= 15 is 0 Å². The number of aryl methyl sites for hydroxylation is 2. The predicted octanol–water partition coefficient (Wildman–Crippen LogP) is 3.64. The molecule has 156 valence electrons. The number of anilines is 2. The number of hydrogen-bond acceptors (Lipinski definition) is 5. The number of rotatable bonds is 5. The number of amides is 1. The Labute approximate surface area is 180 Å². The van der Waals surface area contributed by atoms with Gasteiger partial charge in [0, 0.05) is 18.8 Å². The number of aromatic nitrogens is 4. The third-order valence-electron chi connectivity index (χ3n) is 5.84. The summed E-state index contributed by atoms with van der Waals surface area (Å²) in [5.41, 5.74) is 7.26. The highest BCUT2D eigenvalue weighted by atomic mass is 16.1. The second-order valence-electron chi connectivity index (χ2n) is 8.06. The van der Waals surface area contributed by atoms with E-state index in [0.717, 1.165) is 47.7 Å². The maximum absolute atomic E-state index is 12.4. The van der Waals surface area contributed by atoms with E-state index in [1.165, 1.54) is 16.7 Å². The van der Waals surface area contributed by atoms with Gasteiger partial charge in [-0.3, -0.25) is 9.48 Å². The summed E-state index contributed by atoms with van der Waals surface area (Å²) in [6, 6.07) is 14.2. The maximum Gasteiger partial charge on any atom is 0.228 e. The molecule has 0 atom stereocenters. The fraction of sp³-hybridized carbons (Fsp3) is 0.250. The molecule has 0 spiro atoms. The van der Waals surface area contributed by atoms with Crippen molar-refractivity contribution in [3.05, 3.63) is 77.2 Å². The molecule has 1 amide bonds. The van der Waals surface area contributed by atoms with Gasteiger partial charge < -0.3 is 10.2 Å². The van der Waals surface area contributed by atoms with Crippen LogP contribution in [-0.4, -0.2) is 32.2 Å². The molecule has 0 saturated carbocycles. The Hall–Kier alpha value is -3.74. The van der Waals surface area contributed by atoms with E-state index in [9.17, 15) is 4.79 Å². The average molecular weight is 412 g/mol. The van der Waals surface area contributed by atoms with Crippen molar-refractivity contribution in [2.24, 2.45) is 0 Å². The molecular weight excluding hydrogens is 388 g/mol. The molecule has 0 bridgehead atoms. The van der Waals surface area contributed by atoms with Crippen LogP contribution in [0.2, 0.25) is 0 Å². The molecule has 2 aromatic heterocycles. The first-order valence-electron chi connectivity index (χ1n) is 10.4. The van der Waals surface area contributed by atoms with Crippen molar-refractivity contribution >= 4 is 28.4 Å². The second kappa shape index (κ2) is 7.83. The fourth-order valence-corrected chi connectivity index (χ4v) is 3.98. The monoisotopic (exact) mass is 412 g/mol. The molecule has 0 fully saturated rings. The molecule has 3 heterocycles. The Morgan fingerprint density at radius 2 is 1.81 bits per heavy atom. The van der Waals surface area contributed by atoms with Crippen LogP contribution in [0.3, 0.4) is 0 Å². The van der Waals surface area contributed by atoms with Gasteiger partial charge in [-0.25, -0.2) is 9.97 Å². The van der Waals surface area contributed by atoms with Crippen LogP contribution in [0.4, 0.5) is 11.5 Å². The van der Waals surface area contributed by atoms with Crippen LogP contribution < -0.4 is 10.2 Å². The number of nitrogens with zero attached hydrogens (tertiary/aromatic N) is 5. The number of hydrogen-bond donors (Lipinski definition) is 1. The van der Waals surface area contributed by atoms with E-state index in [0.29, 0.717) is 6.42 Å². The van der Waals surface area contributed by atoms with E-state index < -0.39 is 0 Å². The van der Waals surface area contributed by atoms with Gasteiger partial charge in [-0.1, -0.05) is 30.3 Å². The molecule has 0 radical (unpaired) electrons. The first kappa shape index (κ1) is 19.2. The third kappa shape index (κ3) is 3.86. The number of carbonyl (C=O) groups is 1. The minimum atomic E-state index is -0.0105. The van der Waals surface area contributed by atoms with Gasteiger partial charge in [0.05, 0.1) is 19.2 Å². The zero-order chi connectivity index (χ0) is 21.4. The fourth-order valence-electron chi connectivity index (χ4n) is 3.98. The zero-order valence-corrected chi connectivity index (χ0v) is 17.7. The van der Waals surface area contributed by atoms with Crippen LogP contribution in [0.1, 0.15) is 22.3 Å². The van der Waals surface area contributed by atoms with E-state index in [4.69, 9.17) is 0 Å². The molecule has 7 nitrogen and oxygen atoms in total. The number of benzene rings is 2. The molecule has 2 aromatic carbocycles. The third-order valence-corrected chi connectivity index (χ3v) is 5.84. The van der Waals surface area contributed by atoms with Gasteiger partial charge in [-0.2, -0.15) is 5.10 Å². The van der Waals surface area contributed by atoms with E-state index in [2.05, 4.69) is 44.3 Å². The molecule has 4 aromatic rings. The molecule has 0 saturated heterocycles. The highest BCUT2D eigenvalue weighted by molar-refractivity contribution is 5.92. The summed E-state index contributed by atoms with van der Waals surface area (Å²) in [4.78, 5) is 23.5. The van der Waals surface area contributed by atoms with Crippen LogP contribution in [0, 0.1) is 13.8 Å². The molecule has 5 rings (SSSR count). The highest BCUT2D eigenvalue weighted by Gasteiger charge is 2.21. The number of nitrogens with one attached hydrogen (secondary N) is 1. The van der Waals surface area contributed by atoms with E-state index in [1.807, 2.05) is 41.9 Å². The molecule has 0 unspecified atom stereocenters. The summed E-state index contributed by atoms with van der Waals surface area (Å²) in [6.45, 7) is 6.54. The molecule has 31 heavy (non-hydrogen) atoms. The van der Waals surface area contributed by atoms with Gasteiger partial charge in [-0.15, -0.1) is 0 Å². The quantitative estimate of drug-likeness (QED) is 0.542. The molecular formula is C24H24N6O. The first-order chi connectivity index (χ1) is 15.1. The van der Waals surface area contributed by atoms with Crippen LogP contribution in [0.15, 0.2) is 55.0 Å². The minimum Gasteiger partial charge on any atom is -0.349 e. The van der Waals surface area contributed by atoms with Crippen LogP contribution >= 0.6 is 0 Å². The van der Waals surface area contributed by atoms with E-state index in [1.54, 1.807) is 12.5 Å². The summed E-state index contributed by atoms with van der Waals surface area (Å²) < 4.78 is 1.97. The van der Waals surface area contributed by atoms with Crippen molar-refractivity contribution in [2.45, 2.75) is 33.4 Å². The van der Waals surface area contributed by atoms with Crippen LogP contribution in [0.25, 0.3) is 11.0 Å². The van der Waals surface area contributed by atoms with Gasteiger partial charge in [0.2, 0.25) is 5.91 Å². The normalized spacial score (nSPS) is 12.9. The Morgan fingerprint density at radius 3 is 2.61 bits per heavy atom. The van der Waals surface area contributed by atoms with Gasteiger partial charge >= 0.3 is 0 Å². The number of carbonyl (C=O) groups excluding carboxylic acids is 1. The predicted molar refractivity (Wildman–Crippen MR) is 121 cm³/mol. The first-order valence-corrected chi connectivity index (χ1v) is 10.4. The highest BCUT2D eigenvalue weighted by Crippen LogP contribution is 2.27. The Morgan fingerprint density at radius 1 is 1.00 bits per heavy atom. The standard InChI is InChI=1S/C24H24N6O/c1-16-3-8-20(11-17(16)2)28-22(31)12-18-4-6-19(7-5-18)14-29-9-10-30-23-21(13-27-30)25-15-26-24(23)29/h3-8,11,13,15H,9-10,12,14H2,1-2H3,(H,28,31). The lowest BCUT2D eigenvalue weighted by molar-refractivity contribution is -0.115. The van der Waals surface area contributed by atoms with Crippen LogP contribution in [0.5, 0.6) is 0 Å². The Balaban J connectivity index is 1.24. The zero-order valence-electron chi connectivity index (χ0n) is 17.7. The maximum atomic E-state index is 12.4. The van der Waals surface area contributed by atoms with Gasteiger partial charge in [0.1, 0.15) is 17.4 Å². The Bertz CT molecular complexity index is 1260. The molecule has 1 aliphatic rings. The van der Waals surface area contributed by atoms with Crippen molar-refractivity contribution in [3.63, 3.8) is 0 Å². The lowest BCUT2D eigenvalue weighted by Gasteiger charge is -2.28. The van der Waals surface area contributed by atoms with Crippen molar-refractivity contribution in [2.75, 3.05) is 16.8 Å². The summed E-state index contributed by atoms with van der Waals surface area (Å²) in [5.74, 6) is 0.911. The van der Waals surface area contributed by atoms with Crippen LogP contribution in [-0.2, 0) is 24.3 Å². The van der Waals surface area contributed by atoms with Crippen molar-refractivity contribution in [1.29, 1.82) is 0 Å². The topological polar surface area (TPSA) is 75.9 Å². The van der Waals surface area contributed by atoms with Gasteiger partial charge in [-0.05, 0) is 48.2 Å². The summed E-state index contributed by atoms with van der Waals surface area (Å²) in [5, 5.41) is 7.38. The smallest absolute Gasteiger partial charge is 0.228 e. The largest absolute Gasteiger partial charge is 0.349 e. The molecule has 1 aliphatic heterocycles. The summed E-state index contributed by atoms with van der Waals surface area (Å²) in [7, 11) is 0. The molecule has 0 aliphatic carbocycles. The minimum absolute atomic E-state index is 0.0105. The Kier molecular flexibility index (Phi) is 4.86. The molecule has 7 heteroatoms. The van der Waals surface area contributed by atoms with Crippen molar-refractivity contribution < 1.29 is 4.79 Å². The van der Waals surface area contributed by atoms with Gasteiger partial charge in [0.15, 0.2) is 5.82 Å². The van der Waals surface area contributed by atoms with Gasteiger partial charge in [0.25, 0.3) is 0 Å². The van der Waals surface area contributed by atoms with Crippen molar-refractivity contribution in [3.8, 4) is 0 Å². The second-order valence-corrected chi connectivity index (χ2v) is 8.06. The van der Waals surface area contributed by atoms with E-state index in [-0.39, 0.29) is 5.91 Å².